The van der Waals surface area contributed by atoms with Crippen LogP contribution in [-0.4, -0.2) is 14.6 Å². The lowest BCUT2D eigenvalue weighted by Crippen LogP contribution is -2.03. The molecule has 3 N–H and O–H groups in total. The number of hydrogen-bond donors (Lipinski definition) is 2. The fraction of sp³-hybridized carbons (Fsp3) is 0.0588. The summed E-state index contributed by atoms with van der Waals surface area (Å²) in [7, 11) is 0. The molecule has 0 bridgehead atoms. The van der Waals surface area contributed by atoms with Crippen LogP contribution in [0.25, 0.3) is 16.9 Å². The summed E-state index contributed by atoms with van der Waals surface area (Å²) in [5, 5.41) is 10.1. The van der Waals surface area contributed by atoms with Crippen molar-refractivity contribution < 1.29 is 0 Å². The first-order chi connectivity index (χ1) is 11.3. The first-order valence-electron chi connectivity index (χ1n) is 7.26. The van der Waals surface area contributed by atoms with E-state index in [4.69, 9.17) is 5.73 Å². The topological polar surface area (TPSA) is 68.2 Å². The highest BCUT2D eigenvalue weighted by Crippen LogP contribution is 2.22. The molecule has 23 heavy (non-hydrogen) atoms. The zero-order valence-corrected chi connectivity index (χ0v) is 13.1. The predicted octanol–water partition coefficient (Wildman–Crippen LogP) is 3.65. The lowest BCUT2D eigenvalue weighted by molar-refractivity contribution is 0.933. The maximum absolute atomic E-state index is 5.88. The van der Waals surface area contributed by atoms with E-state index in [9.17, 15) is 0 Å². The molecule has 0 fully saturated rings. The number of thiophene rings is 1. The molecule has 4 rings (SSSR count). The standard InChI is InChI=1S/C17H15N5S/c18-13-4-1-3-12(9-13)15-11-20-17-7-6-16(21-22(15)17)19-10-14-5-2-8-23-14/h1-9,11H,10,18H2,(H,19,21). The normalized spacial score (nSPS) is 11.0. The van der Waals surface area contributed by atoms with Crippen LogP contribution in [0.5, 0.6) is 0 Å². The third-order valence-electron chi connectivity index (χ3n) is 3.57. The minimum Gasteiger partial charge on any atom is -0.399 e. The van der Waals surface area contributed by atoms with E-state index in [2.05, 4.69) is 26.8 Å². The molecule has 0 spiro atoms. The summed E-state index contributed by atoms with van der Waals surface area (Å²) in [4.78, 5) is 5.68. The molecule has 114 valence electrons. The van der Waals surface area contributed by atoms with Crippen molar-refractivity contribution in [2.45, 2.75) is 6.54 Å². The van der Waals surface area contributed by atoms with Crippen LogP contribution in [0, 0.1) is 0 Å². The van der Waals surface area contributed by atoms with Crippen molar-refractivity contribution in [2.75, 3.05) is 11.1 Å². The Labute approximate surface area is 137 Å². The Morgan fingerprint density at radius 3 is 2.91 bits per heavy atom. The van der Waals surface area contributed by atoms with E-state index in [1.165, 1.54) is 4.88 Å². The Hall–Kier alpha value is -2.86. The predicted molar refractivity (Wildman–Crippen MR) is 94.5 cm³/mol. The molecule has 0 aliphatic heterocycles. The minimum absolute atomic E-state index is 0.726. The highest BCUT2D eigenvalue weighted by Gasteiger charge is 2.08. The summed E-state index contributed by atoms with van der Waals surface area (Å²) in [5.41, 5.74) is 9.34. The van der Waals surface area contributed by atoms with E-state index in [1.54, 1.807) is 11.3 Å². The first-order valence-corrected chi connectivity index (χ1v) is 8.14. The fourth-order valence-corrected chi connectivity index (χ4v) is 3.10. The van der Waals surface area contributed by atoms with Crippen LogP contribution in [-0.2, 0) is 6.54 Å². The average molecular weight is 321 g/mol. The van der Waals surface area contributed by atoms with Gasteiger partial charge < -0.3 is 11.1 Å². The fourth-order valence-electron chi connectivity index (χ4n) is 2.45. The third kappa shape index (κ3) is 2.76. The van der Waals surface area contributed by atoms with Gasteiger partial charge >= 0.3 is 0 Å². The van der Waals surface area contributed by atoms with Gasteiger partial charge in [0.2, 0.25) is 0 Å². The monoisotopic (exact) mass is 321 g/mol. The quantitative estimate of drug-likeness (QED) is 0.563. The van der Waals surface area contributed by atoms with Crippen molar-refractivity contribution in [3.63, 3.8) is 0 Å². The minimum atomic E-state index is 0.726. The van der Waals surface area contributed by atoms with Crippen LogP contribution in [0.2, 0.25) is 0 Å². The summed E-state index contributed by atoms with van der Waals surface area (Å²) in [6.45, 7) is 0.762. The number of benzene rings is 1. The molecule has 5 nitrogen and oxygen atoms in total. The molecule has 0 amide bonds. The number of aromatic nitrogens is 3. The summed E-state index contributed by atoms with van der Waals surface area (Å²) in [5.74, 6) is 0.814. The Morgan fingerprint density at radius 2 is 2.09 bits per heavy atom. The molecular formula is C17H15N5S. The number of nitrogens with zero attached hydrogens (tertiary/aromatic N) is 3. The molecular weight excluding hydrogens is 306 g/mol. The van der Waals surface area contributed by atoms with Crippen molar-refractivity contribution in [1.82, 2.24) is 14.6 Å². The van der Waals surface area contributed by atoms with Gasteiger partial charge in [0.1, 0.15) is 5.82 Å². The summed E-state index contributed by atoms with van der Waals surface area (Å²) >= 11 is 1.73. The molecule has 0 unspecified atom stereocenters. The number of hydrogen-bond acceptors (Lipinski definition) is 5. The molecule has 0 aliphatic carbocycles. The maximum atomic E-state index is 5.88. The van der Waals surface area contributed by atoms with E-state index in [0.29, 0.717) is 0 Å². The lowest BCUT2D eigenvalue weighted by Gasteiger charge is -2.06. The molecule has 0 saturated carbocycles. The SMILES string of the molecule is Nc1cccc(-c2cnc3ccc(NCc4cccs4)nn23)c1. The number of anilines is 2. The van der Waals surface area contributed by atoms with Gasteiger partial charge in [-0.2, -0.15) is 0 Å². The summed E-state index contributed by atoms with van der Waals surface area (Å²) in [6, 6.07) is 15.8. The van der Waals surface area contributed by atoms with Crippen LogP contribution in [0.3, 0.4) is 0 Å². The van der Waals surface area contributed by atoms with E-state index in [0.717, 1.165) is 35.0 Å². The first kappa shape index (κ1) is 13.8. The molecule has 3 aromatic heterocycles. The van der Waals surface area contributed by atoms with Crippen LogP contribution < -0.4 is 11.1 Å². The highest BCUT2D eigenvalue weighted by molar-refractivity contribution is 7.09. The van der Waals surface area contributed by atoms with E-state index in [-0.39, 0.29) is 0 Å². The number of nitrogen functional groups attached to an aromatic ring is 1. The zero-order chi connectivity index (χ0) is 15.6. The van der Waals surface area contributed by atoms with Gasteiger partial charge in [0.05, 0.1) is 18.4 Å². The third-order valence-corrected chi connectivity index (χ3v) is 4.44. The molecule has 0 aliphatic rings. The van der Waals surface area contributed by atoms with Crippen LogP contribution in [0.4, 0.5) is 11.5 Å². The van der Waals surface area contributed by atoms with Crippen molar-refractivity contribution >= 4 is 28.5 Å². The van der Waals surface area contributed by atoms with Crippen molar-refractivity contribution in [3.05, 3.63) is 65.0 Å². The van der Waals surface area contributed by atoms with Gasteiger partial charge in [-0.1, -0.05) is 18.2 Å². The van der Waals surface area contributed by atoms with Crippen LogP contribution >= 0.6 is 11.3 Å². The molecule has 3 heterocycles. The van der Waals surface area contributed by atoms with Gasteiger partial charge in [0.25, 0.3) is 0 Å². The van der Waals surface area contributed by atoms with Crippen molar-refractivity contribution in [3.8, 4) is 11.3 Å². The zero-order valence-electron chi connectivity index (χ0n) is 12.3. The lowest BCUT2D eigenvalue weighted by atomic mass is 10.1. The molecule has 0 radical (unpaired) electrons. The van der Waals surface area contributed by atoms with Gasteiger partial charge in [0, 0.05) is 16.1 Å². The highest BCUT2D eigenvalue weighted by atomic mass is 32.1. The number of nitrogens with two attached hydrogens (primary N) is 1. The molecule has 0 atom stereocenters. The second kappa shape index (κ2) is 5.73. The van der Waals surface area contributed by atoms with E-state index in [1.807, 2.05) is 53.2 Å². The molecule has 0 saturated heterocycles. The number of imidazole rings is 1. The van der Waals surface area contributed by atoms with Crippen LogP contribution in [0.15, 0.2) is 60.1 Å². The smallest absolute Gasteiger partial charge is 0.154 e. The van der Waals surface area contributed by atoms with Gasteiger partial charge in [0.15, 0.2) is 5.65 Å². The summed E-state index contributed by atoms with van der Waals surface area (Å²) < 4.78 is 1.84. The largest absolute Gasteiger partial charge is 0.399 e. The van der Waals surface area contributed by atoms with Gasteiger partial charge in [-0.05, 0) is 35.7 Å². The summed E-state index contributed by atoms with van der Waals surface area (Å²) in [6.07, 6.45) is 1.82. The van der Waals surface area contributed by atoms with Gasteiger partial charge in [-0.15, -0.1) is 16.4 Å². The molecule has 6 heteroatoms. The Kier molecular flexibility index (Phi) is 3.44. The second-order valence-corrected chi connectivity index (χ2v) is 6.22. The van der Waals surface area contributed by atoms with Crippen molar-refractivity contribution in [1.29, 1.82) is 0 Å². The second-order valence-electron chi connectivity index (χ2n) is 5.19. The van der Waals surface area contributed by atoms with Crippen LogP contribution in [0.1, 0.15) is 4.88 Å². The van der Waals surface area contributed by atoms with Gasteiger partial charge in [-0.25, -0.2) is 9.50 Å². The Morgan fingerprint density at radius 1 is 1.13 bits per heavy atom. The average Bonchev–Trinajstić information content (AvgIpc) is 3.22. The van der Waals surface area contributed by atoms with Crippen molar-refractivity contribution in [2.24, 2.45) is 0 Å². The van der Waals surface area contributed by atoms with E-state index >= 15 is 0 Å². The molecule has 4 aromatic rings. The maximum Gasteiger partial charge on any atom is 0.154 e. The molecule has 1 aromatic carbocycles. The Balaban J connectivity index is 1.68. The number of nitrogens with one attached hydrogen (secondary N) is 1. The number of rotatable bonds is 4. The number of fused-ring (bicyclic) bond motifs is 1. The van der Waals surface area contributed by atoms with Gasteiger partial charge in [-0.3, -0.25) is 0 Å². The Bertz CT molecular complexity index is 943. The van der Waals surface area contributed by atoms with E-state index < -0.39 is 0 Å².